The SMILES string of the molecule is Cn1cc(N)c(=O)n(Cc2ccsc2)c1=O. The molecule has 5 nitrogen and oxygen atoms in total. The molecule has 0 aliphatic carbocycles. The maximum Gasteiger partial charge on any atom is 0.331 e. The molecule has 0 saturated carbocycles. The summed E-state index contributed by atoms with van der Waals surface area (Å²) in [6.45, 7) is 0.264. The van der Waals surface area contributed by atoms with Gasteiger partial charge < -0.3 is 10.3 Å². The number of anilines is 1. The van der Waals surface area contributed by atoms with Crippen molar-refractivity contribution in [3.63, 3.8) is 0 Å². The van der Waals surface area contributed by atoms with Crippen molar-refractivity contribution in [3.8, 4) is 0 Å². The number of nitrogen functional groups attached to an aromatic ring is 1. The van der Waals surface area contributed by atoms with Crippen molar-refractivity contribution in [3.05, 3.63) is 49.4 Å². The molecule has 0 spiro atoms. The van der Waals surface area contributed by atoms with Crippen LogP contribution < -0.4 is 17.0 Å². The van der Waals surface area contributed by atoms with Gasteiger partial charge in [0.2, 0.25) is 0 Å². The van der Waals surface area contributed by atoms with Crippen LogP contribution in [0.15, 0.2) is 32.6 Å². The number of aryl methyl sites for hydroxylation is 1. The fourth-order valence-electron chi connectivity index (χ4n) is 1.46. The second-order valence-corrected chi connectivity index (χ2v) is 4.28. The van der Waals surface area contributed by atoms with Gasteiger partial charge >= 0.3 is 5.69 Å². The smallest absolute Gasteiger partial charge is 0.331 e. The molecule has 0 bridgehead atoms. The van der Waals surface area contributed by atoms with E-state index in [1.165, 1.54) is 22.1 Å². The zero-order valence-electron chi connectivity index (χ0n) is 8.71. The summed E-state index contributed by atoms with van der Waals surface area (Å²) in [5.41, 5.74) is 5.74. The normalized spacial score (nSPS) is 10.6. The fourth-order valence-corrected chi connectivity index (χ4v) is 2.12. The van der Waals surface area contributed by atoms with Crippen LogP contribution in [0.5, 0.6) is 0 Å². The average molecular weight is 237 g/mol. The lowest BCUT2D eigenvalue weighted by molar-refractivity contribution is 0.644. The monoisotopic (exact) mass is 237 g/mol. The van der Waals surface area contributed by atoms with Crippen molar-refractivity contribution >= 4 is 17.0 Å². The van der Waals surface area contributed by atoms with E-state index in [-0.39, 0.29) is 17.9 Å². The van der Waals surface area contributed by atoms with Crippen molar-refractivity contribution in [2.75, 3.05) is 5.73 Å². The first-order chi connectivity index (χ1) is 7.59. The van der Waals surface area contributed by atoms with E-state index in [0.717, 1.165) is 10.1 Å². The fraction of sp³-hybridized carbons (Fsp3) is 0.200. The maximum atomic E-state index is 11.7. The zero-order chi connectivity index (χ0) is 11.7. The summed E-state index contributed by atoms with van der Waals surface area (Å²) in [6.07, 6.45) is 1.34. The number of aromatic nitrogens is 2. The Labute approximate surface area is 95.4 Å². The Bertz CT molecular complexity index is 576. The highest BCUT2D eigenvalue weighted by Crippen LogP contribution is 2.06. The van der Waals surface area contributed by atoms with Crippen molar-refractivity contribution in [1.82, 2.24) is 9.13 Å². The summed E-state index contributed by atoms with van der Waals surface area (Å²) in [5, 5.41) is 3.80. The number of nitrogens with two attached hydrogens (primary N) is 1. The summed E-state index contributed by atoms with van der Waals surface area (Å²) < 4.78 is 2.44. The Morgan fingerprint density at radius 1 is 1.44 bits per heavy atom. The molecule has 0 aliphatic rings. The van der Waals surface area contributed by atoms with E-state index in [4.69, 9.17) is 5.73 Å². The van der Waals surface area contributed by atoms with E-state index in [2.05, 4.69) is 0 Å². The molecule has 84 valence electrons. The van der Waals surface area contributed by atoms with Gasteiger partial charge in [-0.05, 0) is 22.4 Å². The van der Waals surface area contributed by atoms with Crippen LogP contribution in [-0.4, -0.2) is 9.13 Å². The molecular weight excluding hydrogens is 226 g/mol. The molecule has 2 aromatic rings. The molecule has 6 heteroatoms. The largest absolute Gasteiger partial charge is 0.393 e. The van der Waals surface area contributed by atoms with E-state index >= 15 is 0 Å². The second kappa shape index (κ2) is 3.97. The summed E-state index contributed by atoms with van der Waals surface area (Å²) in [7, 11) is 1.57. The number of hydrogen-bond acceptors (Lipinski definition) is 4. The summed E-state index contributed by atoms with van der Waals surface area (Å²) in [6, 6.07) is 1.87. The van der Waals surface area contributed by atoms with Crippen LogP contribution in [0.4, 0.5) is 5.69 Å². The molecule has 0 radical (unpaired) electrons. The Kier molecular flexibility index (Phi) is 2.66. The molecule has 2 N–H and O–H groups in total. The van der Waals surface area contributed by atoms with Gasteiger partial charge in [-0.3, -0.25) is 9.36 Å². The maximum absolute atomic E-state index is 11.7. The van der Waals surface area contributed by atoms with Gasteiger partial charge in [-0.25, -0.2) is 4.79 Å². The Balaban J connectivity index is 2.56. The van der Waals surface area contributed by atoms with Crippen LogP contribution in [0.1, 0.15) is 5.56 Å². The minimum Gasteiger partial charge on any atom is -0.393 e. The molecular formula is C10H11N3O2S. The second-order valence-electron chi connectivity index (χ2n) is 3.50. The molecule has 2 rings (SSSR count). The third kappa shape index (κ3) is 1.79. The van der Waals surface area contributed by atoms with Crippen LogP contribution >= 0.6 is 11.3 Å². The van der Waals surface area contributed by atoms with Crippen molar-refractivity contribution < 1.29 is 0 Å². The van der Waals surface area contributed by atoms with Crippen LogP contribution in [0.25, 0.3) is 0 Å². The topological polar surface area (TPSA) is 70.0 Å². The molecule has 0 amide bonds. The molecule has 0 aromatic carbocycles. The first kappa shape index (κ1) is 10.7. The highest BCUT2D eigenvalue weighted by atomic mass is 32.1. The first-order valence-electron chi connectivity index (χ1n) is 4.66. The van der Waals surface area contributed by atoms with Crippen LogP contribution in [-0.2, 0) is 13.6 Å². The van der Waals surface area contributed by atoms with Gasteiger partial charge in [-0.15, -0.1) is 0 Å². The molecule has 0 fully saturated rings. The molecule has 0 aliphatic heterocycles. The summed E-state index contributed by atoms with van der Waals surface area (Å²) in [4.78, 5) is 23.4. The van der Waals surface area contributed by atoms with Gasteiger partial charge in [-0.1, -0.05) is 0 Å². The lowest BCUT2D eigenvalue weighted by Crippen LogP contribution is -2.39. The third-order valence-electron chi connectivity index (χ3n) is 2.28. The molecule has 0 atom stereocenters. The van der Waals surface area contributed by atoms with E-state index in [1.54, 1.807) is 7.05 Å². The third-order valence-corrected chi connectivity index (χ3v) is 3.01. The standard InChI is InChI=1S/C10H11N3O2S/c1-12-5-8(11)9(14)13(10(12)15)4-7-2-3-16-6-7/h2-3,5-6H,4,11H2,1H3. The average Bonchev–Trinajstić information content (AvgIpc) is 2.74. The number of hydrogen-bond donors (Lipinski definition) is 1. The van der Waals surface area contributed by atoms with Crippen LogP contribution in [0.2, 0.25) is 0 Å². The first-order valence-corrected chi connectivity index (χ1v) is 5.61. The quantitative estimate of drug-likeness (QED) is 0.813. The number of nitrogens with zero attached hydrogens (tertiary/aromatic N) is 2. The van der Waals surface area contributed by atoms with Crippen LogP contribution in [0, 0.1) is 0 Å². The number of thiophene rings is 1. The summed E-state index contributed by atoms with van der Waals surface area (Å²) in [5.74, 6) is 0. The van der Waals surface area contributed by atoms with Gasteiger partial charge in [0.15, 0.2) is 0 Å². The molecule has 2 heterocycles. The van der Waals surface area contributed by atoms with Crippen molar-refractivity contribution in [2.24, 2.45) is 7.05 Å². The predicted molar refractivity (Wildman–Crippen MR) is 63.8 cm³/mol. The van der Waals surface area contributed by atoms with E-state index in [9.17, 15) is 9.59 Å². The number of rotatable bonds is 2. The lowest BCUT2D eigenvalue weighted by Gasteiger charge is -2.06. The highest BCUT2D eigenvalue weighted by molar-refractivity contribution is 7.07. The van der Waals surface area contributed by atoms with E-state index in [0.29, 0.717) is 0 Å². The minimum absolute atomic E-state index is 0.0809. The van der Waals surface area contributed by atoms with Gasteiger partial charge in [0.05, 0.1) is 6.54 Å². The van der Waals surface area contributed by atoms with Crippen molar-refractivity contribution in [1.29, 1.82) is 0 Å². The van der Waals surface area contributed by atoms with Gasteiger partial charge in [0.1, 0.15) is 5.69 Å². The van der Waals surface area contributed by atoms with Gasteiger partial charge in [0.25, 0.3) is 5.56 Å². The molecule has 16 heavy (non-hydrogen) atoms. The minimum atomic E-state index is -0.436. The molecule has 0 unspecified atom stereocenters. The Morgan fingerprint density at radius 2 is 2.19 bits per heavy atom. The van der Waals surface area contributed by atoms with E-state index < -0.39 is 5.56 Å². The van der Waals surface area contributed by atoms with Crippen LogP contribution in [0.3, 0.4) is 0 Å². The van der Waals surface area contributed by atoms with Gasteiger partial charge in [0, 0.05) is 13.2 Å². The highest BCUT2D eigenvalue weighted by Gasteiger charge is 2.07. The van der Waals surface area contributed by atoms with E-state index in [1.807, 2.05) is 16.8 Å². The Morgan fingerprint density at radius 3 is 2.81 bits per heavy atom. The molecule has 0 saturated heterocycles. The predicted octanol–water partition coefficient (Wildman–Crippen LogP) is 0.239. The molecule has 2 aromatic heterocycles. The lowest BCUT2D eigenvalue weighted by atomic mass is 10.3. The van der Waals surface area contributed by atoms with Gasteiger partial charge in [-0.2, -0.15) is 11.3 Å². The zero-order valence-corrected chi connectivity index (χ0v) is 9.53. The Hall–Kier alpha value is -1.82. The summed E-state index contributed by atoms with van der Waals surface area (Å²) >= 11 is 1.52. The van der Waals surface area contributed by atoms with Crippen molar-refractivity contribution in [2.45, 2.75) is 6.54 Å².